The number of nitriles is 1. The molecule has 1 unspecified atom stereocenters. The van der Waals surface area contributed by atoms with E-state index in [-0.39, 0.29) is 36.3 Å². The maximum Gasteiger partial charge on any atom is 0.263 e. The van der Waals surface area contributed by atoms with Crippen LogP contribution >= 0.6 is 22.7 Å². The highest BCUT2D eigenvalue weighted by Gasteiger charge is 2.54. The number of H-pyrrole nitrogens is 1. The lowest BCUT2D eigenvalue weighted by molar-refractivity contribution is -0.131. The molecule has 0 bridgehead atoms. The van der Waals surface area contributed by atoms with E-state index in [1.54, 1.807) is 42.9 Å². The van der Waals surface area contributed by atoms with Gasteiger partial charge in [0.25, 0.3) is 11.8 Å². The first-order chi connectivity index (χ1) is 20.1. The number of fused-ring (bicyclic) bond motifs is 3. The van der Waals surface area contributed by atoms with Gasteiger partial charge in [0.05, 0.1) is 27.8 Å². The number of amides is 3. The van der Waals surface area contributed by atoms with Gasteiger partial charge < -0.3 is 20.0 Å². The summed E-state index contributed by atoms with van der Waals surface area (Å²) in [7, 11) is 6.94. The van der Waals surface area contributed by atoms with E-state index in [2.05, 4.69) is 32.0 Å². The Hall–Kier alpha value is -3.67. The molecule has 0 aromatic carbocycles. The molecule has 0 radical (unpaired) electrons. The van der Waals surface area contributed by atoms with Crippen LogP contribution < -0.4 is 5.32 Å². The molecule has 1 saturated heterocycles. The van der Waals surface area contributed by atoms with Crippen LogP contribution in [0.4, 0.5) is 0 Å². The number of rotatable bonds is 8. The van der Waals surface area contributed by atoms with Crippen molar-refractivity contribution in [1.82, 2.24) is 40.6 Å². The quantitative estimate of drug-likeness (QED) is 0.367. The van der Waals surface area contributed by atoms with Crippen LogP contribution in [0.1, 0.15) is 65.3 Å². The van der Waals surface area contributed by atoms with Crippen LogP contribution in [0.5, 0.6) is 0 Å². The molecule has 3 aromatic heterocycles. The van der Waals surface area contributed by atoms with Crippen molar-refractivity contribution in [3.63, 3.8) is 0 Å². The molecule has 2 N–H and O–H groups in total. The fourth-order valence-corrected chi connectivity index (χ4v) is 8.95. The van der Waals surface area contributed by atoms with Crippen molar-refractivity contribution in [2.24, 2.45) is 5.92 Å². The van der Waals surface area contributed by atoms with Gasteiger partial charge in [-0.3, -0.25) is 14.4 Å². The van der Waals surface area contributed by atoms with Gasteiger partial charge in [0.2, 0.25) is 5.91 Å². The lowest BCUT2D eigenvalue weighted by Crippen LogP contribution is -2.44. The zero-order valence-corrected chi connectivity index (χ0v) is 25.6. The molecule has 12 nitrogen and oxygen atoms in total. The molecule has 3 aliphatic rings. The van der Waals surface area contributed by atoms with E-state index < -0.39 is 5.41 Å². The van der Waals surface area contributed by atoms with Crippen molar-refractivity contribution in [2.45, 2.75) is 49.6 Å². The highest BCUT2D eigenvalue weighted by molar-refractivity contribution is 7.15. The van der Waals surface area contributed by atoms with Crippen molar-refractivity contribution in [2.75, 3.05) is 41.3 Å². The number of carbonyl (C=O) groups excluding carboxylic acids is 3. The summed E-state index contributed by atoms with van der Waals surface area (Å²) in [5.41, 5.74) is 0.951. The molecule has 1 aliphatic heterocycles. The van der Waals surface area contributed by atoms with Crippen molar-refractivity contribution in [3.8, 4) is 6.07 Å². The van der Waals surface area contributed by atoms with Gasteiger partial charge in [0.1, 0.15) is 6.04 Å². The second-order valence-electron chi connectivity index (χ2n) is 11.6. The number of thiophene rings is 2. The van der Waals surface area contributed by atoms with Gasteiger partial charge in [-0.15, -0.1) is 32.9 Å². The molecule has 220 valence electrons. The SMILES string of the molecule is CN(C)C(=O)c1cc2c(s1)CCc1sc(C(=O)N(C)C)cc1C2(CCNCC(=O)N1C(C#N)C[C@@H]2C[C@@H]21)c1nn[nH]n1. The average Bonchev–Trinajstić information content (AvgIpc) is 3.47. The summed E-state index contributed by atoms with van der Waals surface area (Å²) in [5.74, 6) is 0.686. The number of likely N-dealkylation sites (tertiary alicyclic amines) is 1. The molecule has 3 amide bonds. The Kier molecular flexibility index (Phi) is 7.36. The van der Waals surface area contributed by atoms with E-state index >= 15 is 0 Å². The number of aromatic nitrogens is 4. The van der Waals surface area contributed by atoms with Gasteiger partial charge in [-0.2, -0.15) is 10.5 Å². The summed E-state index contributed by atoms with van der Waals surface area (Å²) in [5, 5.41) is 28.3. The molecule has 2 aliphatic carbocycles. The minimum absolute atomic E-state index is 0.0637. The van der Waals surface area contributed by atoms with E-state index in [1.807, 2.05) is 12.1 Å². The number of hydrogen-bond donors (Lipinski definition) is 2. The smallest absolute Gasteiger partial charge is 0.263 e. The topological polar surface area (TPSA) is 151 Å². The molecule has 14 heteroatoms. The standard InChI is InChI=1S/C28H33N9O3S2/c1-35(2)25(39)22-11-17-20(41-22)5-6-21-18(12-23(42-21)26(40)36(3)4)28(17,27-31-33-34-32-27)7-8-30-14-24(38)37-16(13-29)9-15-10-19(15)37/h11-12,15-16,19,30H,5-10,14H2,1-4H3,(H,31,32,33,34)/t15-,16?,19+/m1/s1. The summed E-state index contributed by atoms with van der Waals surface area (Å²) < 4.78 is 0. The van der Waals surface area contributed by atoms with Gasteiger partial charge >= 0.3 is 0 Å². The molecule has 2 fully saturated rings. The van der Waals surface area contributed by atoms with Crippen LogP contribution in [-0.2, 0) is 23.1 Å². The van der Waals surface area contributed by atoms with Crippen LogP contribution in [0.2, 0.25) is 0 Å². The number of carbonyl (C=O) groups is 3. The number of aryl methyl sites for hydroxylation is 2. The maximum atomic E-state index is 13.1. The Labute approximate surface area is 251 Å². The lowest BCUT2D eigenvalue weighted by Gasteiger charge is -2.31. The molecular formula is C28H33N9O3S2. The third-order valence-corrected chi connectivity index (χ3v) is 10.9. The Morgan fingerprint density at radius 1 is 1.07 bits per heavy atom. The van der Waals surface area contributed by atoms with Crippen molar-refractivity contribution >= 4 is 40.4 Å². The fraction of sp³-hybridized carbons (Fsp3) is 0.536. The normalized spacial score (nSPS) is 21.5. The van der Waals surface area contributed by atoms with Crippen LogP contribution in [0.25, 0.3) is 0 Å². The number of piperidine rings is 1. The molecule has 1 saturated carbocycles. The Balaban J connectivity index is 1.38. The third-order valence-electron chi connectivity index (χ3n) is 8.57. The molecule has 0 spiro atoms. The first-order valence-corrected chi connectivity index (χ1v) is 15.6. The summed E-state index contributed by atoms with van der Waals surface area (Å²) >= 11 is 2.97. The first-order valence-electron chi connectivity index (χ1n) is 14.0. The number of hydrogen-bond acceptors (Lipinski definition) is 10. The highest BCUT2D eigenvalue weighted by atomic mass is 32.1. The van der Waals surface area contributed by atoms with E-state index in [1.165, 1.54) is 22.7 Å². The first kappa shape index (κ1) is 28.4. The van der Waals surface area contributed by atoms with Crippen LogP contribution in [-0.4, -0.2) is 106 Å². The Morgan fingerprint density at radius 2 is 1.69 bits per heavy atom. The molecular weight excluding hydrogens is 575 g/mol. The number of nitrogens with zero attached hydrogens (tertiary/aromatic N) is 7. The second kappa shape index (κ2) is 10.9. The molecule has 6 rings (SSSR count). The van der Waals surface area contributed by atoms with E-state index in [9.17, 15) is 19.6 Å². The van der Waals surface area contributed by atoms with Gasteiger partial charge in [0.15, 0.2) is 5.82 Å². The van der Waals surface area contributed by atoms with Crippen molar-refractivity contribution in [1.29, 1.82) is 5.26 Å². The summed E-state index contributed by atoms with van der Waals surface area (Å²) in [6, 6.07) is 6.01. The van der Waals surface area contributed by atoms with Crippen LogP contribution in [0.15, 0.2) is 12.1 Å². The molecule has 4 heterocycles. The van der Waals surface area contributed by atoms with Gasteiger partial charge in [-0.25, -0.2) is 0 Å². The largest absolute Gasteiger partial charge is 0.344 e. The monoisotopic (exact) mass is 607 g/mol. The summed E-state index contributed by atoms with van der Waals surface area (Å²) in [4.78, 5) is 47.5. The summed E-state index contributed by atoms with van der Waals surface area (Å²) in [6.07, 6.45) is 3.63. The summed E-state index contributed by atoms with van der Waals surface area (Å²) in [6.45, 7) is 0.545. The molecule has 3 atom stereocenters. The highest BCUT2D eigenvalue weighted by Crippen LogP contribution is 2.50. The second-order valence-corrected chi connectivity index (χ2v) is 13.9. The predicted molar refractivity (Wildman–Crippen MR) is 156 cm³/mol. The van der Waals surface area contributed by atoms with E-state index in [0.717, 1.165) is 33.7 Å². The zero-order chi connectivity index (χ0) is 29.8. The van der Waals surface area contributed by atoms with Crippen molar-refractivity contribution < 1.29 is 14.4 Å². The minimum atomic E-state index is -0.905. The number of tetrazole rings is 1. The van der Waals surface area contributed by atoms with Crippen LogP contribution in [0.3, 0.4) is 0 Å². The van der Waals surface area contributed by atoms with E-state index in [4.69, 9.17) is 0 Å². The number of aromatic amines is 1. The molecule has 3 aromatic rings. The fourth-order valence-electron chi connectivity index (χ4n) is 6.43. The maximum absolute atomic E-state index is 13.1. The zero-order valence-electron chi connectivity index (χ0n) is 24.0. The van der Waals surface area contributed by atoms with Crippen molar-refractivity contribution in [3.05, 3.63) is 48.6 Å². The predicted octanol–water partition coefficient (Wildman–Crippen LogP) is 1.65. The van der Waals surface area contributed by atoms with E-state index in [0.29, 0.717) is 47.3 Å². The average molecular weight is 608 g/mol. The number of nitrogens with one attached hydrogen (secondary N) is 2. The molecule has 42 heavy (non-hydrogen) atoms. The van der Waals surface area contributed by atoms with Gasteiger partial charge in [0, 0.05) is 44.0 Å². The Bertz CT molecular complexity index is 1500. The minimum Gasteiger partial charge on any atom is -0.344 e. The Morgan fingerprint density at radius 3 is 2.21 bits per heavy atom. The van der Waals surface area contributed by atoms with Gasteiger partial charge in [-0.05, 0) is 67.8 Å². The van der Waals surface area contributed by atoms with Crippen LogP contribution in [0, 0.1) is 17.2 Å². The lowest BCUT2D eigenvalue weighted by atomic mass is 9.71. The third kappa shape index (κ3) is 4.69. The van der Waals surface area contributed by atoms with Gasteiger partial charge in [-0.1, -0.05) is 5.21 Å².